The fraction of sp³-hybridized carbons (Fsp3) is 0.714. The zero-order valence-electron chi connectivity index (χ0n) is 11.6. The van der Waals surface area contributed by atoms with E-state index in [9.17, 15) is 4.79 Å². The Morgan fingerprint density at radius 3 is 2.67 bits per heavy atom. The average molecular weight is 249 g/mol. The largest absolute Gasteiger partial charge is 0.348 e. The lowest BCUT2D eigenvalue weighted by Gasteiger charge is -2.24. The molecule has 0 saturated heterocycles. The van der Waals surface area contributed by atoms with E-state index in [2.05, 4.69) is 10.3 Å². The summed E-state index contributed by atoms with van der Waals surface area (Å²) in [5.41, 5.74) is 1.69. The van der Waals surface area contributed by atoms with E-state index in [4.69, 9.17) is 0 Å². The number of nitrogens with zero attached hydrogens (tertiary/aromatic N) is 2. The number of aromatic nitrogens is 2. The van der Waals surface area contributed by atoms with Gasteiger partial charge in [-0.05, 0) is 45.7 Å². The highest BCUT2D eigenvalue weighted by molar-refractivity contribution is 5.07. The van der Waals surface area contributed by atoms with E-state index in [-0.39, 0.29) is 5.69 Å². The third-order valence-electron chi connectivity index (χ3n) is 4.07. The molecule has 1 aliphatic carbocycles. The second-order valence-corrected chi connectivity index (χ2v) is 5.37. The maximum Gasteiger partial charge on any atom is 0.348 e. The second kappa shape index (κ2) is 5.65. The molecule has 0 amide bonds. The molecule has 1 fully saturated rings. The van der Waals surface area contributed by atoms with Gasteiger partial charge in [-0.1, -0.05) is 12.8 Å². The summed E-state index contributed by atoms with van der Waals surface area (Å²) in [5.74, 6) is 0.697. The third kappa shape index (κ3) is 2.80. The first-order chi connectivity index (χ1) is 8.61. The summed E-state index contributed by atoms with van der Waals surface area (Å²) in [5, 5.41) is 3.37. The maximum absolute atomic E-state index is 12.0. The Kier molecular flexibility index (Phi) is 4.17. The minimum absolute atomic E-state index is 0.120. The Morgan fingerprint density at radius 1 is 1.44 bits per heavy atom. The fourth-order valence-corrected chi connectivity index (χ4v) is 3.03. The minimum atomic E-state index is -0.120. The number of hydrogen-bond acceptors (Lipinski definition) is 3. The molecule has 1 unspecified atom stereocenters. The van der Waals surface area contributed by atoms with Gasteiger partial charge in [0.25, 0.3) is 0 Å². The van der Waals surface area contributed by atoms with Crippen LogP contribution in [-0.4, -0.2) is 22.6 Å². The molecular formula is C14H23N3O. The van der Waals surface area contributed by atoms with Crippen LogP contribution in [0.4, 0.5) is 0 Å². The van der Waals surface area contributed by atoms with Crippen molar-refractivity contribution >= 4 is 0 Å². The van der Waals surface area contributed by atoms with Crippen LogP contribution in [-0.2, 0) is 6.54 Å². The molecular weight excluding hydrogens is 226 g/mol. The van der Waals surface area contributed by atoms with Gasteiger partial charge in [-0.25, -0.2) is 4.79 Å². The monoisotopic (exact) mass is 249 g/mol. The minimum Gasteiger partial charge on any atom is -0.315 e. The predicted octanol–water partition coefficient (Wildman–Crippen LogP) is 1.64. The fourth-order valence-electron chi connectivity index (χ4n) is 3.03. The highest BCUT2D eigenvalue weighted by Crippen LogP contribution is 2.28. The molecule has 18 heavy (non-hydrogen) atoms. The molecule has 1 heterocycles. The van der Waals surface area contributed by atoms with Gasteiger partial charge < -0.3 is 5.32 Å². The van der Waals surface area contributed by atoms with Gasteiger partial charge >= 0.3 is 5.69 Å². The molecule has 1 saturated carbocycles. The van der Waals surface area contributed by atoms with Gasteiger partial charge in [0.15, 0.2) is 0 Å². The molecule has 1 N–H and O–H groups in total. The maximum atomic E-state index is 12.0. The lowest BCUT2D eigenvalue weighted by atomic mass is 9.98. The molecule has 2 rings (SSSR count). The van der Waals surface area contributed by atoms with E-state index in [1.807, 2.05) is 27.0 Å². The van der Waals surface area contributed by atoms with Crippen LogP contribution in [0, 0.1) is 19.8 Å². The smallest absolute Gasteiger partial charge is 0.315 e. The number of rotatable bonds is 4. The van der Waals surface area contributed by atoms with Crippen molar-refractivity contribution in [2.24, 2.45) is 5.92 Å². The Hall–Kier alpha value is -1.16. The molecule has 100 valence electrons. The zero-order chi connectivity index (χ0) is 13.1. The molecule has 0 aliphatic heterocycles. The van der Waals surface area contributed by atoms with Gasteiger partial charge in [0.2, 0.25) is 0 Å². The summed E-state index contributed by atoms with van der Waals surface area (Å²) in [4.78, 5) is 16.0. The van der Waals surface area contributed by atoms with E-state index in [0.29, 0.717) is 12.0 Å². The number of likely N-dealkylation sites (N-methyl/N-ethyl adjacent to an activating group) is 1. The quantitative estimate of drug-likeness (QED) is 0.882. The van der Waals surface area contributed by atoms with Crippen molar-refractivity contribution in [2.75, 3.05) is 7.05 Å². The Morgan fingerprint density at radius 2 is 2.11 bits per heavy atom. The van der Waals surface area contributed by atoms with Crippen molar-refractivity contribution < 1.29 is 0 Å². The number of hydrogen-bond donors (Lipinski definition) is 1. The van der Waals surface area contributed by atoms with Crippen LogP contribution < -0.4 is 11.0 Å². The normalized spacial score (nSPS) is 18.2. The van der Waals surface area contributed by atoms with Crippen molar-refractivity contribution in [3.05, 3.63) is 27.9 Å². The van der Waals surface area contributed by atoms with Crippen LogP contribution in [0.1, 0.15) is 37.1 Å². The zero-order valence-corrected chi connectivity index (χ0v) is 11.6. The lowest BCUT2D eigenvalue weighted by Crippen LogP contribution is -2.40. The van der Waals surface area contributed by atoms with Gasteiger partial charge in [0, 0.05) is 24.0 Å². The molecule has 1 aliphatic rings. The summed E-state index contributed by atoms with van der Waals surface area (Å²) in [6.07, 6.45) is 5.20. The summed E-state index contributed by atoms with van der Waals surface area (Å²) in [6.45, 7) is 4.59. The molecule has 1 aromatic rings. The van der Waals surface area contributed by atoms with E-state index in [0.717, 1.165) is 17.9 Å². The lowest BCUT2D eigenvalue weighted by molar-refractivity contribution is 0.332. The van der Waals surface area contributed by atoms with E-state index in [1.165, 1.54) is 25.7 Å². The van der Waals surface area contributed by atoms with Gasteiger partial charge in [0.05, 0.1) is 0 Å². The van der Waals surface area contributed by atoms with Gasteiger partial charge in [-0.3, -0.25) is 4.57 Å². The van der Waals surface area contributed by atoms with Crippen LogP contribution >= 0.6 is 0 Å². The molecule has 4 nitrogen and oxygen atoms in total. The molecule has 4 heteroatoms. The molecule has 1 aromatic heterocycles. The Balaban J connectivity index is 2.19. The first-order valence-electron chi connectivity index (χ1n) is 6.84. The standard InChI is InChI=1S/C14H23N3O/c1-10-8-11(2)17(14(18)16-10)9-13(15-3)12-6-4-5-7-12/h8,12-13,15H,4-7,9H2,1-3H3. The number of aryl methyl sites for hydroxylation is 2. The Bertz CT molecular complexity index is 461. The van der Waals surface area contributed by atoms with Crippen LogP contribution in [0.15, 0.2) is 10.9 Å². The summed E-state index contributed by atoms with van der Waals surface area (Å²) in [7, 11) is 1.99. The average Bonchev–Trinajstić information content (AvgIpc) is 2.81. The van der Waals surface area contributed by atoms with Crippen LogP contribution in [0.2, 0.25) is 0 Å². The molecule has 0 spiro atoms. The molecule has 0 bridgehead atoms. The van der Waals surface area contributed by atoms with Gasteiger partial charge in [-0.2, -0.15) is 4.98 Å². The van der Waals surface area contributed by atoms with Crippen molar-refractivity contribution in [3.63, 3.8) is 0 Å². The van der Waals surface area contributed by atoms with Crippen molar-refractivity contribution in [1.29, 1.82) is 0 Å². The topological polar surface area (TPSA) is 46.9 Å². The first-order valence-corrected chi connectivity index (χ1v) is 6.84. The SMILES string of the molecule is CNC(Cn1c(C)cc(C)nc1=O)C1CCCC1. The summed E-state index contributed by atoms with van der Waals surface area (Å²) < 4.78 is 1.80. The summed E-state index contributed by atoms with van der Waals surface area (Å²) >= 11 is 0. The number of nitrogens with one attached hydrogen (secondary N) is 1. The van der Waals surface area contributed by atoms with Gasteiger partial charge in [-0.15, -0.1) is 0 Å². The molecule has 1 atom stereocenters. The van der Waals surface area contributed by atoms with Crippen molar-refractivity contribution in [3.8, 4) is 0 Å². The van der Waals surface area contributed by atoms with Gasteiger partial charge in [0.1, 0.15) is 0 Å². The highest BCUT2D eigenvalue weighted by Gasteiger charge is 2.24. The second-order valence-electron chi connectivity index (χ2n) is 5.37. The molecule has 0 radical (unpaired) electrons. The summed E-state index contributed by atoms with van der Waals surface area (Å²) in [6, 6.07) is 2.36. The third-order valence-corrected chi connectivity index (χ3v) is 4.07. The van der Waals surface area contributed by atoms with Crippen LogP contribution in [0.3, 0.4) is 0 Å². The first kappa shape index (κ1) is 13.3. The van der Waals surface area contributed by atoms with E-state index in [1.54, 1.807) is 4.57 Å². The van der Waals surface area contributed by atoms with E-state index >= 15 is 0 Å². The molecule has 0 aromatic carbocycles. The van der Waals surface area contributed by atoms with Crippen LogP contribution in [0.5, 0.6) is 0 Å². The predicted molar refractivity (Wildman–Crippen MR) is 72.8 cm³/mol. The Labute approximate surface area is 108 Å². The van der Waals surface area contributed by atoms with Crippen LogP contribution in [0.25, 0.3) is 0 Å². The van der Waals surface area contributed by atoms with Crippen molar-refractivity contribution in [2.45, 2.75) is 52.1 Å². The van der Waals surface area contributed by atoms with E-state index < -0.39 is 0 Å². The highest BCUT2D eigenvalue weighted by atomic mass is 16.1. The van der Waals surface area contributed by atoms with Crippen molar-refractivity contribution in [1.82, 2.24) is 14.9 Å².